The third-order valence-electron chi connectivity index (χ3n) is 3.94. The van der Waals surface area contributed by atoms with Gasteiger partial charge in [-0.05, 0) is 17.2 Å². The molecule has 0 aromatic heterocycles. The third-order valence-corrected chi connectivity index (χ3v) is 3.94. The Morgan fingerprint density at radius 3 is 1.65 bits per heavy atom. The molecule has 0 spiro atoms. The van der Waals surface area contributed by atoms with Gasteiger partial charge in [0.25, 0.3) is 0 Å². The average Bonchev–Trinajstić information content (AvgIpc) is 2.94. The summed E-state index contributed by atoms with van der Waals surface area (Å²) in [5, 5.41) is 0. The number of cyclic esters (lactones) is 1. The molecule has 2 heteroatoms. The fraction of sp³-hybridized carbons (Fsp3) is 0. The topological polar surface area (TPSA) is 26.3 Å². The summed E-state index contributed by atoms with van der Waals surface area (Å²) < 4.78 is 5.64. The van der Waals surface area contributed by atoms with E-state index < -0.39 is 0 Å². The van der Waals surface area contributed by atoms with Gasteiger partial charge < -0.3 is 4.74 Å². The third kappa shape index (κ3) is 2.34. The predicted molar refractivity (Wildman–Crippen MR) is 90.7 cm³/mol. The number of fused-ring (bicyclic) bond motifs is 1. The van der Waals surface area contributed by atoms with Crippen molar-refractivity contribution < 1.29 is 9.53 Å². The zero-order valence-corrected chi connectivity index (χ0v) is 12.4. The number of ether oxygens (including phenoxy) is 1. The van der Waals surface area contributed by atoms with Crippen LogP contribution in [0, 0.1) is 0 Å². The van der Waals surface area contributed by atoms with E-state index in [-0.39, 0.29) is 5.97 Å². The molecule has 0 unspecified atom stereocenters. The Balaban J connectivity index is 2.02. The van der Waals surface area contributed by atoms with Crippen molar-refractivity contribution in [1.29, 1.82) is 0 Å². The maximum Gasteiger partial charge on any atom is 0.344 e. The van der Waals surface area contributed by atoms with Crippen molar-refractivity contribution in [3.05, 3.63) is 107 Å². The van der Waals surface area contributed by atoms with Gasteiger partial charge in [-0.25, -0.2) is 4.79 Å². The lowest BCUT2D eigenvalue weighted by Gasteiger charge is -2.12. The van der Waals surface area contributed by atoms with E-state index >= 15 is 0 Å². The van der Waals surface area contributed by atoms with Crippen LogP contribution in [0.15, 0.2) is 84.9 Å². The number of hydrogen-bond acceptors (Lipinski definition) is 2. The van der Waals surface area contributed by atoms with Crippen molar-refractivity contribution in [3.8, 4) is 0 Å². The van der Waals surface area contributed by atoms with E-state index in [9.17, 15) is 4.79 Å². The van der Waals surface area contributed by atoms with Gasteiger partial charge in [0, 0.05) is 11.1 Å². The zero-order chi connectivity index (χ0) is 15.6. The van der Waals surface area contributed by atoms with Crippen LogP contribution in [0.5, 0.6) is 0 Å². The van der Waals surface area contributed by atoms with Crippen molar-refractivity contribution in [2.45, 2.75) is 0 Å². The molecule has 0 amide bonds. The fourth-order valence-corrected chi connectivity index (χ4v) is 2.89. The van der Waals surface area contributed by atoms with Gasteiger partial charge in [0.2, 0.25) is 0 Å². The normalized spacial score (nSPS) is 12.7. The molecule has 110 valence electrons. The largest absolute Gasteiger partial charge is 0.422 e. The van der Waals surface area contributed by atoms with E-state index in [1.807, 2.05) is 78.9 Å². The lowest BCUT2D eigenvalue weighted by molar-refractivity contribution is 0.0716. The van der Waals surface area contributed by atoms with Crippen LogP contribution in [-0.4, -0.2) is 5.97 Å². The van der Waals surface area contributed by atoms with Crippen molar-refractivity contribution in [2.75, 3.05) is 0 Å². The first kappa shape index (κ1) is 13.5. The molecule has 0 atom stereocenters. The van der Waals surface area contributed by atoms with Crippen LogP contribution in [0.3, 0.4) is 0 Å². The number of rotatable bonds is 2. The number of esters is 1. The molecule has 0 aliphatic carbocycles. The van der Waals surface area contributed by atoms with Crippen LogP contribution in [0.2, 0.25) is 0 Å². The van der Waals surface area contributed by atoms with Crippen LogP contribution in [0.1, 0.15) is 27.0 Å². The highest BCUT2D eigenvalue weighted by molar-refractivity contribution is 6.10. The summed E-state index contributed by atoms with van der Waals surface area (Å²) in [4.78, 5) is 12.2. The van der Waals surface area contributed by atoms with Gasteiger partial charge in [0.1, 0.15) is 5.76 Å². The fourth-order valence-electron chi connectivity index (χ4n) is 2.89. The summed E-state index contributed by atoms with van der Waals surface area (Å²) in [6.45, 7) is 0. The van der Waals surface area contributed by atoms with Crippen LogP contribution < -0.4 is 0 Å². The molecular formula is C21H14O2. The lowest BCUT2D eigenvalue weighted by Crippen LogP contribution is -1.95. The molecule has 0 saturated heterocycles. The summed E-state index contributed by atoms with van der Waals surface area (Å²) >= 11 is 0. The second-order valence-corrected chi connectivity index (χ2v) is 5.37. The van der Waals surface area contributed by atoms with E-state index in [1.54, 1.807) is 6.07 Å². The zero-order valence-electron chi connectivity index (χ0n) is 12.4. The molecule has 0 radical (unpaired) electrons. The minimum atomic E-state index is -0.292. The highest BCUT2D eigenvalue weighted by atomic mass is 16.5. The Kier molecular flexibility index (Phi) is 3.28. The van der Waals surface area contributed by atoms with Crippen LogP contribution in [-0.2, 0) is 4.74 Å². The van der Waals surface area contributed by atoms with Gasteiger partial charge in [-0.1, -0.05) is 78.9 Å². The standard InChI is InChI=1S/C21H14O2/c22-21-18-14-8-7-13-17(18)20(23-21)19(15-9-3-1-4-10-15)16-11-5-2-6-12-16/h1-14H. The van der Waals surface area contributed by atoms with Gasteiger partial charge in [0.05, 0.1) is 5.56 Å². The Morgan fingerprint density at radius 1 is 0.609 bits per heavy atom. The van der Waals surface area contributed by atoms with Crippen LogP contribution >= 0.6 is 0 Å². The molecule has 0 N–H and O–H groups in total. The molecule has 0 saturated carbocycles. The average molecular weight is 298 g/mol. The summed E-state index contributed by atoms with van der Waals surface area (Å²) in [7, 11) is 0. The van der Waals surface area contributed by atoms with Crippen molar-refractivity contribution in [1.82, 2.24) is 0 Å². The van der Waals surface area contributed by atoms with Gasteiger partial charge in [-0.15, -0.1) is 0 Å². The monoisotopic (exact) mass is 298 g/mol. The molecule has 1 heterocycles. The maximum absolute atomic E-state index is 12.2. The molecule has 3 aromatic carbocycles. The molecule has 1 aliphatic rings. The number of carbonyl (C=O) groups is 1. The lowest BCUT2D eigenvalue weighted by atomic mass is 9.94. The summed E-state index contributed by atoms with van der Waals surface area (Å²) in [6, 6.07) is 27.5. The molecule has 0 fully saturated rings. The number of hydrogen-bond donors (Lipinski definition) is 0. The quantitative estimate of drug-likeness (QED) is 0.637. The van der Waals surface area contributed by atoms with Crippen molar-refractivity contribution in [2.24, 2.45) is 0 Å². The molecule has 2 nitrogen and oxygen atoms in total. The maximum atomic E-state index is 12.2. The first-order chi connectivity index (χ1) is 11.3. The molecular weight excluding hydrogens is 284 g/mol. The second kappa shape index (κ2) is 5.58. The van der Waals surface area contributed by atoms with Crippen LogP contribution in [0.25, 0.3) is 11.3 Å². The molecule has 0 bridgehead atoms. The Labute approximate surface area is 134 Å². The van der Waals surface area contributed by atoms with Crippen molar-refractivity contribution >= 4 is 17.3 Å². The molecule has 23 heavy (non-hydrogen) atoms. The SMILES string of the molecule is O=C1OC(=C(c2ccccc2)c2ccccc2)c2ccccc21. The van der Waals surface area contributed by atoms with Crippen LogP contribution in [0.4, 0.5) is 0 Å². The van der Waals surface area contributed by atoms with E-state index in [4.69, 9.17) is 4.74 Å². The van der Waals surface area contributed by atoms with E-state index in [1.165, 1.54) is 0 Å². The minimum absolute atomic E-state index is 0.292. The summed E-state index contributed by atoms with van der Waals surface area (Å²) in [5.41, 5.74) is 4.45. The second-order valence-electron chi connectivity index (χ2n) is 5.37. The molecule has 1 aliphatic heterocycles. The highest BCUT2D eigenvalue weighted by Crippen LogP contribution is 2.38. The van der Waals surface area contributed by atoms with E-state index in [0.29, 0.717) is 11.3 Å². The number of benzene rings is 3. The predicted octanol–water partition coefficient (Wildman–Crippen LogP) is 4.77. The van der Waals surface area contributed by atoms with Gasteiger partial charge in [-0.2, -0.15) is 0 Å². The Hall–Kier alpha value is -3.13. The van der Waals surface area contributed by atoms with Gasteiger partial charge in [0.15, 0.2) is 0 Å². The van der Waals surface area contributed by atoms with Gasteiger partial charge in [-0.3, -0.25) is 0 Å². The van der Waals surface area contributed by atoms with E-state index in [0.717, 1.165) is 22.3 Å². The molecule has 4 rings (SSSR count). The van der Waals surface area contributed by atoms with Crippen molar-refractivity contribution in [3.63, 3.8) is 0 Å². The summed E-state index contributed by atoms with van der Waals surface area (Å²) in [6.07, 6.45) is 0. The van der Waals surface area contributed by atoms with E-state index in [2.05, 4.69) is 0 Å². The highest BCUT2D eigenvalue weighted by Gasteiger charge is 2.29. The Bertz CT molecular complexity index is 852. The number of carbonyl (C=O) groups excluding carboxylic acids is 1. The van der Waals surface area contributed by atoms with Gasteiger partial charge >= 0.3 is 5.97 Å². The molecule has 3 aromatic rings. The first-order valence-electron chi connectivity index (χ1n) is 7.51. The summed E-state index contributed by atoms with van der Waals surface area (Å²) in [5.74, 6) is 0.336. The Morgan fingerprint density at radius 2 is 1.09 bits per heavy atom. The minimum Gasteiger partial charge on any atom is -0.422 e. The first-order valence-corrected chi connectivity index (χ1v) is 7.51. The smallest absolute Gasteiger partial charge is 0.344 e.